The van der Waals surface area contributed by atoms with Crippen molar-refractivity contribution in [2.45, 2.75) is 27.2 Å². The van der Waals surface area contributed by atoms with Crippen molar-refractivity contribution in [3.8, 4) is 0 Å². The van der Waals surface area contributed by atoms with Crippen LogP contribution >= 0.6 is 0 Å². The van der Waals surface area contributed by atoms with Crippen LogP contribution in [-0.2, 0) is 4.79 Å². The van der Waals surface area contributed by atoms with Crippen molar-refractivity contribution >= 4 is 23.2 Å². The number of ketones is 1. The summed E-state index contributed by atoms with van der Waals surface area (Å²) in [5.74, 6) is 0.0405. The standard InChI is InChI=1S/C15H18N2O2/c1-9(2)14(18)11-5-4-6-12(8-11)17-13(16)7-10(3)15(17)19/h4-6,8-10,16H,7H2,1-3H3. The first-order chi connectivity index (χ1) is 8.91. The molecule has 1 unspecified atom stereocenters. The third kappa shape index (κ3) is 2.43. The normalized spacial score (nSPS) is 19.4. The van der Waals surface area contributed by atoms with Gasteiger partial charge in [-0.3, -0.25) is 19.9 Å². The van der Waals surface area contributed by atoms with Crippen molar-refractivity contribution in [2.75, 3.05) is 4.90 Å². The molecule has 4 nitrogen and oxygen atoms in total. The van der Waals surface area contributed by atoms with Crippen LogP contribution < -0.4 is 4.90 Å². The van der Waals surface area contributed by atoms with Gasteiger partial charge in [0.15, 0.2) is 5.78 Å². The number of hydrogen-bond donors (Lipinski definition) is 1. The van der Waals surface area contributed by atoms with E-state index in [1.54, 1.807) is 24.3 Å². The van der Waals surface area contributed by atoms with Gasteiger partial charge in [-0.05, 0) is 12.1 Å². The Kier molecular flexibility index (Phi) is 3.51. The zero-order chi connectivity index (χ0) is 14.2. The average molecular weight is 258 g/mol. The third-order valence-corrected chi connectivity index (χ3v) is 3.32. The Morgan fingerprint density at radius 3 is 2.63 bits per heavy atom. The third-order valence-electron chi connectivity index (χ3n) is 3.32. The maximum Gasteiger partial charge on any atom is 0.235 e. The van der Waals surface area contributed by atoms with Crippen LogP contribution in [0.5, 0.6) is 0 Å². The first-order valence-corrected chi connectivity index (χ1v) is 6.47. The van der Waals surface area contributed by atoms with Gasteiger partial charge in [-0.1, -0.05) is 32.9 Å². The number of carbonyl (C=O) groups is 2. The number of amides is 1. The summed E-state index contributed by atoms with van der Waals surface area (Å²) in [6, 6.07) is 6.97. The van der Waals surface area contributed by atoms with Crippen LogP contribution in [0, 0.1) is 17.2 Å². The van der Waals surface area contributed by atoms with E-state index in [9.17, 15) is 9.59 Å². The summed E-state index contributed by atoms with van der Waals surface area (Å²) in [5.41, 5.74) is 1.21. The van der Waals surface area contributed by atoms with Gasteiger partial charge in [0.2, 0.25) is 5.91 Å². The Labute approximate surface area is 112 Å². The van der Waals surface area contributed by atoms with Crippen molar-refractivity contribution in [3.63, 3.8) is 0 Å². The molecule has 1 aliphatic rings. The van der Waals surface area contributed by atoms with E-state index in [4.69, 9.17) is 5.41 Å². The maximum absolute atomic E-state index is 12.0. The molecular weight excluding hydrogens is 240 g/mol. The number of amidine groups is 1. The van der Waals surface area contributed by atoms with Gasteiger partial charge in [0.05, 0.1) is 5.69 Å². The quantitative estimate of drug-likeness (QED) is 0.847. The zero-order valence-electron chi connectivity index (χ0n) is 11.4. The molecule has 0 saturated carbocycles. The second-order valence-corrected chi connectivity index (χ2v) is 5.29. The second kappa shape index (κ2) is 4.96. The predicted octanol–water partition coefficient (Wildman–Crippen LogP) is 2.88. The molecule has 0 aromatic heterocycles. The molecule has 1 N–H and O–H groups in total. The lowest BCUT2D eigenvalue weighted by Crippen LogP contribution is -2.29. The Morgan fingerprint density at radius 2 is 2.11 bits per heavy atom. The van der Waals surface area contributed by atoms with Gasteiger partial charge in [-0.25, -0.2) is 0 Å². The van der Waals surface area contributed by atoms with Crippen molar-refractivity contribution in [1.82, 2.24) is 0 Å². The molecule has 100 valence electrons. The number of anilines is 1. The largest absolute Gasteiger partial charge is 0.294 e. The number of rotatable bonds is 3. The second-order valence-electron chi connectivity index (χ2n) is 5.29. The fourth-order valence-corrected chi connectivity index (χ4v) is 2.24. The van der Waals surface area contributed by atoms with Crippen LogP contribution in [0.25, 0.3) is 0 Å². The van der Waals surface area contributed by atoms with Crippen LogP contribution in [0.3, 0.4) is 0 Å². The summed E-state index contributed by atoms with van der Waals surface area (Å²) in [6.07, 6.45) is 0.460. The number of nitrogens with one attached hydrogen (secondary N) is 1. The monoisotopic (exact) mass is 258 g/mol. The molecule has 1 aromatic carbocycles. The van der Waals surface area contributed by atoms with E-state index in [2.05, 4.69) is 0 Å². The van der Waals surface area contributed by atoms with Crippen molar-refractivity contribution < 1.29 is 9.59 Å². The molecule has 1 amide bonds. The lowest BCUT2D eigenvalue weighted by molar-refractivity contribution is -0.119. The van der Waals surface area contributed by atoms with Crippen molar-refractivity contribution in [2.24, 2.45) is 11.8 Å². The van der Waals surface area contributed by atoms with Crippen LogP contribution in [0.2, 0.25) is 0 Å². The van der Waals surface area contributed by atoms with Crippen molar-refractivity contribution in [1.29, 1.82) is 5.41 Å². The molecule has 1 atom stereocenters. The summed E-state index contributed by atoms with van der Waals surface area (Å²) >= 11 is 0. The van der Waals surface area contributed by atoms with Gasteiger partial charge in [0.25, 0.3) is 0 Å². The summed E-state index contributed by atoms with van der Waals surface area (Å²) in [6.45, 7) is 5.51. The molecule has 0 bridgehead atoms. The molecule has 1 aromatic rings. The predicted molar refractivity (Wildman–Crippen MR) is 74.6 cm³/mol. The Morgan fingerprint density at radius 1 is 1.42 bits per heavy atom. The lowest BCUT2D eigenvalue weighted by Gasteiger charge is -2.17. The van der Waals surface area contributed by atoms with Gasteiger partial charge in [0, 0.05) is 23.8 Å². The zero-order valence-corrected chi connectivity index (χ0v) is 11.4. The van der Waals surface area contributed by atoms with E-state index in [-0.39, 0.29) is 23.5 Å². The molecule has 1 aliphatic heterocycles. The fourth-order valence-electron chi connectivity index (χ4n) is 2.24. The summed E-state index contributed by atoms with van der Waals surface area (Å²) in [5, 5.41) is 7.89. The highest BCUT2D eigenvalue weighted by molar-refractivity contribution is 6.22. The van der Waals surface area contributed by atoms with E-state index in [0.717, 1.165) is 0 Å². The highest BCUT2D eigenvalue weighted by Crippen LogP contribution is 2.27. The number of carbonyl (C=O) groups excluding carboxylic acids is 2. The number of nitrogens with zero attached hydrogens (tertiary/aromatic N) is 1. The number of hydrogen-bond acceptors (Lipinski definition) is 3. The minimum absolute atomic E-state index is 0.0491. The average Bonchev–Trinajstić information content (AvgIpc) is 2.62. The van der Waals surface area contributed by atoms with E-state index < -0.39 is 0 Å². The summed E-state index contributed by atoms with van der Waals surface area (Å²) < 4.78 is 0. The fraction of sp³-hybridized carbons (Fsp3) is 0.400. The van der Waals surface area contributed by atoms with Gasteiger partial charge in [0.1, 0.15) is 5.84 Å². The Balaban J connectivity index is 2.37. The van der Waals surface area contributed by atoms with Crippen molar-refractivity contribution in [3.05, 3.63) is 29.8 Å². The molecule has 2 rings (SSSR count). The minimum atomic E-state index is -0.156. The molecule has 1 saturated heterocycles. The van der Waals surface area contributed by atoms with Crippen LogP contribution in [0.4, 0.5) is 5.69 Å². The summed E-state index contributed by atoms with van der Waals surface area (Å²) in [7, 11) is 0. The molecule has 1 heterocycles. The summed E-state index contributed by atoms with van der Waals surface area (Å²) in [4.78, 5) is 25.4. The molecular formula is C15H18N2O2. The molecule has 0 radical (unpaired) electrons. The molecule has 19 heavy (non-hydrogen) atoms. The van der Waals surface area contributed by atoms with E-state index in [1.165, 1.54) is 4.90 Å². The molecule has 4 heteroatoms. The first kappa shape index (κ1) is 13.5. The SMILES string of the molecule is CC(C)C(=O)c1cccc(N2C(=N)CC(C)C2=O)c1. The van der Waals surface area contributed by atoms with E-state index in [1.807, 2.05) is 20.8 Å². The van der Waals surface area contributed by atoms with Gasteiger partial charge in [-0.2, -0.15) is 0 Å². The minimum Gasteiger partial charge on any atom is -0.294 e. The molecule has 0 spiro atoms. The van der Waals surface area contributed by atoms with Gasteiger partial charge in [-0.15, -0.1) is 0 Å². The van der Waals surface area contributed by atoms with E-state index >= 15 is 0 Å². The number of benzene rings is 1. The Hall–Kier alpha value is -1.97. The smallest absolute Gasteiger partial charge is 0.235 e. The van der Waals surface area contributed by atoms with Gasteiger partial charge >= 0.3 is 0 Å². The van der Waals surface area contributed by atoms with E-state index in [0.29, 0.717) is 23.5 Å². The van der Waals surface area contributed by atoms with Crippen LogP contribution in [0.1, 0.15) is 37.6 Å². The Bertz CT molecular complexity index is 549. The lowest BCUT2D eigenvalue weighted by atomic mass is 10.0. The maximum atomic E-state index is 12.0. The molecule has 1 fully saturated rings. The van der Waals surface area contributed by atoms with Gasteiger partial charge < -0.3 is 0 Å². The molecule has 0 aliphatic carbocycles. The van der Waals surface area contributed by atoms with Crippen LogP contribution in [-0.4, -0.2) is 17.5 Å². The number of Topliss-reactive ketones (excluding diaryl/α,β-unsaturated/α-hetero) is 1. The first-order valence-electron chi connectivity index (χ1n) is 6.47. The topological polar surface area (TPSA) is 61.2 Å². The highest BCUT2D eigenvalue weighted by atomic mass is 16.2. The van der Waals surface area contributed by atoms with Crippen LogP contribution in [0.15, 0.2) is 24.3 Å². The highest BCUT2D eigenvalue weighted by Gasteiger charge is 2.34.